The molecule has 0 aliphatic carbocycles. The lowest BCUT2D eigenvalue weighted by Gasteiger charge is -2.50. The first-order valence-electron chi connectivity index (χ1n) is 11.2. The molecule has 4 nitrogen and oxygen atoms in total. The van der Waals surface area contributed by atoms with Crippen molar-refractivity contribution in [2.24, 2.45) is 11.8 Å². The molecule has 6 rings (SSSR count). The number of pyridine rings is 1. The third-order valence-corrected chi connectivity index (χ3v) is 7.13. The van der Waals surface area contributed by atoms with Gasteiger partial charge in [-0.15, -0.1) is 0 Å². The van der Waals surface area contributed by atoms with E-state index in [0.717, 1.165) is 41.7 Å². The lowest BCUT2D eigenvalue weighted by atomic mass is 9.73. The van der Waals surface area contributed by atoms with Gasteiger partial charge in [-0.3, -0.25) is 9.88 Å². The van der Waals surface area contributed by atoms with Crippen molar-refractivity contribution in [3.05, 3.63) is 77.5 Å². The molecule has 0 saturated carbocycles. The van der Waals surface area contributed by atoms with Crippen LogP contribution in [0.15, 0.2) is 60.8 Å². The quantitative estimate of drug-likeness (QED) is 0.638. The first-order valence-corrected chi connectivity index (χ1v) is 11.2. The van der Waals surface area contributed by atoms with Gasteiger partial charge in [0, 0.05) is 24.2 Å². The molecule has 0 amide bonds. The molecule has 4 heteroatoms. The molecule has 1 aromatic heterocycles. The molecular weight excluding hydrogens is 384 g/mol. The van der Waals surface area contributed by atoms with Crippen molar-refractivity contribution in [3.8, 4) is 5.75 Å². The molecule has 3 fully saturated rings. The number of hydrogen-bond acceptors (Lipinski definition) is 4. The number of benzene rings is 2. The Hall–Kier alpha value is -2.69. The maximum absolute atomic E-state index is 11.4. The smallest absolute Gasteiger partial charge is 0.119 e. The molecule has 160 valence electrons. The standard InChI is InChI=1S/C27H30N2O2/c1-18-3-5-19(6-4-18)7-8-21-17-29-14-12-20(21)15-26(29)27(30)23-11-13-28-25-10-9-22(31-2)16-24(23)25/h3-11,13,16,20-21,26-27,30H,12,14-15,17H2,1-2H3/b8-7+/t20?,21?,26?,27-/m1/s1. The molecule has 3 aromatic rings. The average molecular weight is 415 g/mol. The Morgan fingerprint density at radius 1 is 1.16 bits per heavy atom. The molecule has 0 spiro atoms. The third kappa shape index (κ3) is 3.98. The van der Waals surface area contributed by atoms with Crippen LogP contribution >= 0.6 is 0 Å². The van der Waals surface area contributed by atoms with E-state index in [0.29, 0.717) is 11.8 Å². The van der Waals surface area contributed by atoms with E-state index in [1.807, 2.05) is 24.3 Å². The van der Waals surface area contributed by atoms with Gasteiger partial charge in [-0.05, 0) is 73.5 Å². The van der Waals surface area contributed by atoms with Crippen LogP contribution in [0.25, 0.3) is 17.0 Å². The number of aliphatic hydroxyl groups excluding tert-OH is 1. The molecule has 3 saturated heterocycles. The van der Waals surface area contributed by atoms with Crippen molar-refractivity contribution in [2.75, 3.05) is 20.2 Å². The van der Waals surface area contributed by atoms with Crippen LogP contribution in [0.3, 0.4) is 0 Å². The van der Waals surface area contributed by atoms with Gasteiger partial charge in [-0.1, -0.05) is 42.0 Å². The van der Waals surface area contributed by atoms with Gasteiger partial charge in [0.05, 0.1) is 18.7 Å². The zero-order valence-electron chi connectivity index (χ0n) is 18.2. The Morgan fingerprint density at radius 2 is 2.00 bits per heavy atom. The van der Waals surface area contributed by atoms with Crippen LogP contribution < -0.4 is 4.74 Å². The number of rotatable bonds is 5. The molecule has 4 heterocycles. The Morgan fingerprint density at radius 3 is 2.74 bits per heavy atom. The summed E-state index contributed by atoms with van der Waals surface area (Å²) in [5.41, 5.74) is 4.40. The van der Waals surface area contributed by atoms with Crippen LogP contribution in [0.1, 0.15) is 35.6 Å². The summed E-state index contributed by atoms with van der Waals surface area (Å²) < 4.78 is 5.41. The van der Waals surface area contributed by atoms with Crippen LogP contribution in [0, 0.1) is 18.8 Å². The van der Waals surface area contributed by atoms with E-state index >= 15 is 0 Å². The summed E-state index contributed by atoms with van der Waals surface area (Å²) in [4.78, 5) is 6.96. The summed E-state index contributed by atoms with van der Waals surface area (Å²) in [6.07, 6.45) is 8.16. The highest BCUT2D eigenvalue weighted by Crippen LogP contribution is 2.42. The van der Waals surface area contributed by atoms with Crippen molar-refractivity contribution in [2.45, 2.75) is 31.9 Å². The minimum Gasteiger partial charge on any atom is -0.497 e. The summed E-state index contributed by atoms with van der Waals surface area (Å²) in [6.45, 7) is 4.20. The molecule has 2 bridgehead atoms. The zero-order valence-corrected chi connectivity index (χ0v) is 18.2. The van der Waals surface area contributed by atoms with Crippen LogP contribution in [-0.4, -0.2) is 41.2 Å². The molecule has 31 heavy (non-hydrogen) atoms. The van der Waals surface area contributed by atoms with Crippen LogP contribution in [0.5, 0.6) is 5.75 Å². The fraction of sp³-hybridized carbons (Fsp3) is 0.370. The van der Waals surface area contributed by atoms with Gasteiger partial charge < -0.3 is 9.84 Å². The molecular formula is C27H30N2O2. The van der Waals surface area contributed by atoms with Gasteiger partial charge in [-0.25, -0.2) is 0 Å². The van der Waals surface area contributed by atoms with Gasteiger partial charge in [-0.2, -0.15) is 0 Å². The second-order valence-corrected chi connectivity index (χ2v) is 9.01. The molecule has 4 unspecified atom stereocenters. The highest BCUT2D eigenvalue weighted by atomic mass is 16.5. The third-order valence-electron chi connectivity index (χ3n) is 7.13. The number of hydrogen-bond donors (Lipinski definition) is 1. The monoisotopic (exact) mass is 414 g/mol. The Kier molecular flexibility index (Phi) is 5.51. The van der Waals surface area contributed by atoms with Crippen LogP contribution in [0.2, 0.25) is 0 Å². The van der Waals surface area contributed by atoms with Gasteiger partial charge in [0.25, 0.3) is 0 Å². The van der Waals surface area contributed by atoms with Gasteiger partial charge in [0.1, 0.15) is 5.75 Å². The number of aromatic nitrogens is 1. The summed E-state index contributed by atoms with van der Waals surface area (Å²) in [5.74, 6) is 1.96. The van der Waals surface area contributed by atoms with Crippen molar-refractivity contribution in [1.82, 2.24) is 9.88 Å². The Bertz CT molecular complexity index is 1090. The number of methoxy groups -OCH3 is 1. The maximum atomic E-state index is 11.4. The minimum absolute atomic E-state index is 0.152. The lowest BCUT2D eigenvalue weighted by molar-refractivity contribution is -0.0444. The molecule has 5 atom stereocenters. The van der Waals surface area contributed by atoms with Gasteiger partial charge in [0.15, 0.2) is 0 Å². The predicted octanol–water partition coefficient (Wildman–Crippen LogP) is 5.01. The van der Waals surface area contributed by atoms with Crippen molar-refractivity contribution < 1.29 is 9.84 Å². The van der Waals surface area contributed by atoms with E-state index in [1.165, 1.54) is 17.5 Å². The minimum atomic E-state index is -0.526. The van der Waals surface area contributed by atoms with E-state index in [4.69, 9.17) is 4.74 Å². The van der Waals surface area contributed by atoms with E-state index < -0.39 is 6.10 Å². The maximum Gasteiger partial charge on any atom is 0.119 e. The second-order valence-electron chi connectivity index (χ2n) is 9.01. The van der Waals surface area contributed by atoms with Crippen LogP contribution in [0.4, 0.5) is 0 Å². The SMILES string of the molecule is COc1ccc2nccc([C@@H](O)C3CC4CCN3CC4/C=C/c3ccc(C)cc3)c2c1. The first kappa shape index (κ1) is 20.2. The van der Waals surface area contributed by atoms with Crippen molar-refractivity contribution >= 4 is 17.0 Å². The molecule has 3 aliphatic heterocycles. The summed E-state index contributed by atoms with van der Waals surface area (Å²) >= 11 is 0. The summed E-state index contributed by atoms with van der Waals surface area (Å²) in [5, 5.41) is 12.4. The largest absolute Gasteiger partial charge is 0.497 e. The number of fused-ring (bicyclic) bond motifs is 4. The van der Waals surface area contributed by atoms with Gasteiger partial charge in [0.2, 0.25) is 0 Å². The Balaban J connectivity index is 1.35. The first-order chi connectivity index (χ1) is 15.1. The van der Waals surface area contributed by atoms with Crippen LogP contribution in [-0.2, 0) is 0 Å². The molecule has 1 N–H and O–H groups in total. The molecule has 3 aliphatic rings. The zero-order chi connectivity index (χ0) is 21.4. The fourth-order valence-electron chi connectivity index (χ4n) is 5.31. The van der Waals surface area contributed by atoms with E-state index in [2.05, 4.69) is 53.2 Å². The highest BCUT2D eigenvalue weighted by Gasteiger charge is 2.42. The molecule has 2 aromatic carbocycles. The van der Waals surface area contributed by atoms with E-state index in [9.17, 15) is 5.11 Å². The van der Waals surface area contributed by atoms with Gasteiger partial charge >= 0.3 is 0 Å². The van der Waals surface area contributed by atoms with Crippen molar-refractivity contribution in [1.29, 1.82) is 0 Å². The lowest BCUT2D eigenvalue weighted by Crippen LogP contribution is -2.54. The van der Waals surface area contributed by atoms with E-state index in [-0.39, 0.29) is 6.04 Å². The topological polar surface area (TPSA) is 45.6 Å². The predicted molar refractivity (Wildman–Crippen MR) is 125 cm³/mol. The summed E-state index contributed by atoms with van der Waals surface area (Å²) in [6, 6.07) is 16.7. The number of aryl methyl sites for hydroxylation is 1. The number of piperidine rings is 3. The number of ether oxygens (including phenoxy) is 1. The normalized spacial score (nSPS) is 26.4. The number of aliphatic hydroxyl groups is 1. The van der Waals surface area contributed by atoms with Crippen molar-refractivity contribution in [3.63, 3.8) is 0 Å². The highest BCUT2D eigenvalue weighted by molar-refractivity contribution is 5.84. The summed E-state index contributed by atoms with van der Waals surface area (Å²) in [7, 11) is 1.67. The van der Waals surface area contributed by atoms with E-state index in [1.54, 1.807) is 13.3 Å². The number of nitrogens with zero attached hydrogens (tertiary/aromatic N) is 2. The Labute approximate surface area is 184 Å². The average Bonchev–Trinajstić information content (AvgIpc) is 2.83. The molecule has 0 radical (unpaired) electrons. The second kappa shape index (κ2) is 8.45. The fourth-order valence-corrected chi connectivity index (χ4v) is 5.31.